The number of aliphatic carboxylic acids is 1. The van der Waals surface area contributed by atoms with Crippen LogP contribution >= 0.6 is 0 Å². The van der Waals surface area contributed by atoms with Gasteiger partial charge in [-0.2, -0.15) is 0 Å². The van der Waals surface area contributed by atoms with E-state index in [9.17, 15) is 22.9 Å². The van der Waals surface area contributed by atoms with Crippen molar-refractivity contribution in [1.29, 1.82) is 0 Å². The number of carbonyl (C=O) groups is 1. The molecule has 0 atom stereocenters. The molecule has 0 aliphatic heterocycles. The van der Waals surface area contributed by atoms with E-state index >= 15 is 0 Å². The van der Waals surface area contributed by atoms with Gasteiger partial charge in [0.15, 0.2) is 10.1 Å². The zero-order valence-electron chi connectivity index (χ0n) is 18.9. The van der Waals surface area contributed by atoms with Gasteiger partial charge in [-0.05, 0) is 23.3 Å². The van der Waals surface area contributed by atoms with Crippen molar-refractivity contribution >= 4 is 33.2 Å². The minimum Gasteiger partial charge on any atom is -0.742 e. The molecule has 8 nitrogen and oxygen atoms in total. The average Bonchev–Trinajstić information content (AvgIpc) is 3.24. The number of hydrogen-bond donors (Lipinski definition) is 1. The second-order valence-electron chi connectivity index (χ2n) is 6.47. The normalized spacial score (nSPS) is 10.8. The van der Waals surface area contributed by atoms with Crippen molar-refractivity contribution in [1.82, 2.24) is 9.97 Å². The molecule has 164 valence electrons. The predicted molar refractivity (Wildman–Crippen MR) is 116 cm³/mol. The summed E-state index contributed by atoms with van der Waals surface area (Å²) in [7, 11) is -3.28. The number of imidazole rings is 1. The summed E-state index contributed by atoms with van der Waals surface area (Å²) in [4.78, 5) is 16.9. The third-order valence-electron chi connectivity index (χ3n) is 4.33. The fourth-order valence-electron chi connectivity index (χ4n) is 2.88. The van der Waals surface area contributed by atoms with Gasteiger partial charge in [0.25, 0.3) is 0 Å². The summed E-state index contributed by atoms with van der Waals surface area (Å²) >= 11 is 0. The molecule has 0 amide bonds. The zero-order valence-corrected chi connectivity index (χ0v) is 26.0. The molecule has 0 unspecified atom stereocenters. The van der Waals surface area contributed by atoms with E-state index in [1.165, 1.54) is 13.2 Å². The van der Waals surface area contributed by atoms with Crippen LogP contribution in [-0.2, 0) is 19.6 Å². The molecule has 4 rings (SSSR count). The molecule has 1 N–H and O–H groups in total. The molecule has 0 aliphatic carbocycles. The first-order valence-corrected chi connectivity index (χ1v) is 10.7. The fraction of sp³-hybridized carbons (Fsp3) is 0.0435. The molecule has 3 aromatic carbocycles. The third-order valence-corrected chi connectivity index (χ3v) is 5.00. The van der Waals surface area contributed by atoms with E-state index < -0.39 is 21.2 Å². The number of hydrogen-bond acceptors (Lipinski definition) is 7. The van der Waals surface area contributed by atoms with Gasteiger partial charge >= 0.3 is 103 Å². The molecule has 34 heavy (non-hydrogen) atoms. The molecule has 4 aromatic rings. The second-order valence-corrected chi connectivity index (χ2v) is 7.77. The summed E-state index contributed by atoms with van der Waals surface area (Å²) in [5.41, 5.74) is 3.46. The summed E-state index contributed by atoms with van der Waals surface area (Å²) in [5.74, 6) is -1.49. The number of aromatic amines is 1. The second kappa shape index (κ2) is 14.8. The Morgan fingerprint density at radius 3 is 2.06 bits per heavy atom. The van der Waals surface area contributed by atoms with Gasteiger partial charge in [0, 0.05) is 5.56 Å². The number of H-pyrrole nitrogens is 1. The number of methoxy groups -OCH3 is 1. The number of para-hydroxylation sites is 1. The van der Waals surface area contributed by atoms with Gasteiger partial charge in [0.2, 0.25) is 5.16 Å². The van der Waals surface area contributed by atoms with Crippen LogP contribution in [0.3, 0.4) is 0 Å². The number of benzene rings is 3. The SMILES string of the molecule is COC(=Cc1ccccc1)C(=O)[O-].O=S(=O)([O-])c1nc2c(-c3ccccc3)cccc2[nH]1.[K+].[K+]. The predicted octanol–water partition coefficient (Wildman–Crippen LogP) is -3.43. The Labute approximate surface area is 282 Å². The molecule has 0 spiro atoms. The van der Waals surface area contributed by atoms with Crippen molar-refractivity contribution in [3.8, 4) is 11.1 Å². The number of nitrogens with zero attached hydrogens (tertiary/aromatic N) is 1. The van der Waals surface area contributed by atoms with Crippen LogP contribution in [0.1, 0.15) is 5.56 Å². The van der Waals surface area contributed by atoms with Crippen LogP contribution in [0.15, 0.2) is 89.8 Å². The van der Waals surface area contributed by atoms with E-state index in [-0.39, 0.29) is 109 Å². The van der Waals surface area contributed by atoms with Crippen LogP contribution in [0, 0.1) is 0 Å². The van der Waals surface area contributed by atoms with Crippen LogP contribution in [0.5, 0.6) is 0 Å². The Morgan fingerprint density at radius 1 is 0.941 bits per heavy atom. The molecular weight excluding hydrogens is 511 g/mol. The Balaban J connectivity index is 0.000000343. The Hall–Kier alpha value is -0.677. The molecular formula is C23H18K2N2O6S. The quantitative estimate of drug-likeness (QED) is 0.123. The maximum Gasteiger partial charge on any atom is 1.00 e. The number of rotatable bonds is 5. The average molecular weight is 529 g/mol. The number of carboxylic acid groups (broad SMARTS) is 1. The Kier molecular flexibility index (Phi) is 13.6. The monoisotopic (exact) mass is 528 g/mol. The van der Waals surface area contributed by atoms with Crippen molar-refractivity contribution in [2.24, 2.45) is 0 Å². The number of ether oxygens (including phenoxy) is 1. The van der Waals surface area contributed by atoms with Gasteiger partial charge < -0.3 is 24.2 Å². The summed E-state index contributed by atoms with van der Waals surface area (Å²) in [6, 6.07) is 23.8. The molecule has 0 saturated carbocycles. The molecule has 1 aromatic heterocycles. The minimum atomic E-state index is -4.58. The van der Waals surface area contributed by atoms with E-state index in [2.05, 4.69) is 14.7 Å². The van der Waals surface area contributed by atoms with Gasteiger partial charge in [-0.25, -0.2) is 13.4 Å². The summed E-state index contributed by atoms with van der Waals surface area (Å²) in [5, 5.41) is 9.88. The van der Waals surface area contributed by atoms with Crippen LogP contribution < -0.4 is 108 Å². The van der Waals surface area contributed by atoms with Gasteiger partial charge in [0.05, 0.1) is 18.1 Å². The number of carbonyl (C=O) groups excluding carboxylic acids is 1. The third kappa shape index (κ3) is 8.76. The summed E-state index contributed by atoms with van der Waals surface area (Å²) in [6.07, 6.45) is 1.41. The molecule has 0 fully saturated rings. The molecule has 0 radical (unpaired) electrons. The van der Waals surface area contributed by atoms with E-state index in [0.717, 1.165) is 16.7 Å². The van der Waals surface area contributed by atoms with Crippen LogP contribution in [0.25, 0.3) is 28.2 Å². The Morgan fingerprint density at radius 2 is 1.53 bits per heavy atom. The Bertz CT molecular complexity index is 1360. The minimum absolute atomic E-state index is 0. The van der Waals surface area contributed by atoms with Crippen molar-refractivity contribution in [2.75, 3.05) is 7.11 Å². The molecule has 11 heteroatoms. The molecule has 0 saturated heterocycles. The first kappa shape index (κ1) is 31.4. The summed E-state index contributed by atoms with van der Waals surface area (Å²) in [6.45, 7) is 0. The molecule has 1 heterocycles. The fourth-order valence-corrected chi connectivity index (χ4v) is 3.32. The van der Waals surface area contributed by atoms with Crippen molar-refractivity contribution in [3.63, 3.8) is 0 Å². The standard InChI is InChI=1S/C13H10N2O3S.C10H10O3.2K/c16-19(17,18)13-14-11-8-4-7-10(12(11)15-13)9-5-2-1-3-6-9;1-13-9(10(11)12)7-8-5-3-2-4-6-8;;/h1-8H,(H,14,15)(H,16,17,18);2-7H,1H3,(H,11,12);;/q;;2*+1/p-2. The van der Waals surface area contributed by atoms with Crippen LogP contribution in [-0.4, -0.2) is 36.0 Å². The van der Waals surface area contributed by atoms with Gasteiger partial charge in [0.1, 0.15) is 11.7 Å². The topological polar surface area (TPSA) is 135 Å². The number of nitrogens with one attached hydrogen (secondary N) is 1. The first-order chi connectivity index (χ1) is 15.3. The molecule has 0 bridgehead atoms. The number of fused-ring (bicyclic) bond motifs is 1. The largest absolute Gasteiger partial charge is 1.00 e. The smallest absolute Gasteiger partial charge is 0.742 e. The van der Waals surface area contributed by atoms with Gasteiger partial charge in [-0.3, -0.25) is 0 Å². The first-order valence-electron chi connectivity index (χ1n) is 9.31. The van der Waals surface area contributed by atoms with E-state index in [0.29, 0.717) is 11.0 Å². The summed E-state index contributed by atoms with van der Waals surface area (Å²) < 4.78 is 37.6. The van der Waals surface area contributed by atoms with E-state index in [4.69, 9.17) is 0 Å². The molecule has 0 aliphatic rings. The van der Waals surface area contributed by atoms with Gasteiger partial charge in [-0.1, -0.05) is 72.8 Å². The maximum atomic E-state index is 11.0. The van der Waals surface area contributed by atoms with Crippen molar-refractivity contribution in [2.45, 2.75) is 5.16 Å². The van der Waals surface area contributed by atoms with Gasteiger partial charge in [-0.15, -0.1) is 0 Å². The van der Waals surface area contributed by atoms with E-state index in [1.54, 1.807) is 24.3 Å². The number of carboxylic acids is 1. The van der Waals surface area contributed by atoms with Crippen molar-refractivity contribution in [3.05, 3.63) is 90.2 Å². The van der Waals surface area contributed by atoms with Crippen LogP contribution in [0.4, 0.5) is 0 Å². The van der Waals surface area contributed by atoms with Crippen LogP contribution in [0.2, 0.25) is 0 Å². The van der Waals surface area contributed by atoms with E-state index in [1.807, 2.05) is 54.6 Å². The van der Waals surface area contributed by atoms with Crippen molar-refractivity contribution < 1.29 is 130 Å². The zero-order chi connectivity index (χ0) is 23.1. The maximum absolute atomic E-state index is 11.0. The number of aromatic nitrogens is 2.